The van der Waals surface area contributed by atoms with E-state index in [1.165, 1.54) is 12.3 Å². The van der Waals surface area contributed by atoms with Gasteiger partial charge in [0, 0.05) is 30.4 Å². The molecule has 8 nitrogen and oxygen atoms in total. The maximum absolute atomic E-state index is 14.6. The highest BCUT2D eigenvalue weighted by Gasteiger charge is 2.23. The summed E-state index contributed by atoms with van der Waals surface area (Å²) < 4.78 is 16.2. The molecule has 0 saturated carbocycles. The number of rotatable bonds is 6. The normalized spacial score (nSPS) is 11.8. The molecule has 0 radical (unpaired) electrons. The average molecular weight is 418 g/mol. The van der Waals surface area contributed by atoms with Gasteiger partial charge in [-0.3, -0.25) is 15.1 Å². The lowest BCUT2D eigenvalue weighted by atomic mass is 9.98. The molecule has 31 heavy (non-hydrogen) atoms. The van der Waals surface area contributed by atoms with Crippen molar-refractivity contribution in [3.63, 3.8) is 0 Å². The number of nitro groups is 1. The maximum Gasteiger partial charge on any atom is 0.292 e. The number of nitrogens with zero attached hydrogens (tertiary/aromatic N) is 5. The molecule has 2 aromatic heterocycles. The Balaban J connectivity index is 1.85. The Hall–Kier alpha value is -4.14. The molecule has 9 heteroatoms. The minimum absolute atomic E-state index is 0.119. The van der Waals surface area contributed by atoms with Crippen molar-refractivity contribution in [3.05, 3.63) is 99.7 Å². The molecule has 0 aliphatic carbocycles. The number of hydrogen-bond donors (Lipinski definition) is 1. The van der Waals surface area contributed by atoms with Crippen molar-refractivity contribution in [2.75, 3.05) is 5.32 Å². The topological polar surface area (TPSA) is 98.8 Å². The van der Waals surface area contributed by atoms with Gasteiger partial charge in [-0.15, -0.1) is 5.10 Å². The van der Waals surface area contributed by atoms with Crippen molar-refractivity contribution < 1.29 is 9.31 Å². The summed E-state index contributed by atoms with van der Waals surface area (Å²) in [5, 5.41) is 23.0. The smallest absolute Gasteiger partial charge is 0.292 e. The van der Waals surface area contributed by atoms with Crippen molar-refractivity contribution in [2.24, 2.45) is 7.05 Å². The maximum atomic E-state index is 14.6. The number of nitrogens with one attached hydrogen (secondary N) is 1. The molecule has 0 spiro atoms. The minimum Gasteiger partial charge on any atom is -0.368 e. The molecule has 0 fully saturated rings. The number of anilines is 1. The lowest BCUT2D eigenvalue weighted by Gasteiger charge is -2.22. The minimum atomic E-state index is -0.663. The summed E-state index contributed by atoms with van der Waals surface area (Å²) in [6.45, 7) is 1.82. The van der Waals surface area contributed by atoms with Crippen LogP contribution in [-0.2, 0) is 7.05 Å². The summed E-state index contributed by atoms with van der Waals surface area (Å²) in [5.41, 5.74) is 3.37. The fraction of sp³-hybridized carbons (Fsp3) is 0.136. The van der Waals surface area contributed by atoms with E-state index in [4.69, 9.17) is 0 Å². The number of pyridine rings is 1. The highest BCUT2D eigenvalue weighted by atomic mass is 19.1. The summed E-state index contributed by atoms with van der Waals surface area (Å²) >= 11 is 0. The van der Waals surface area contributed by atoms with E-state index in [1.54, 1.807) is 29.9 Å². The molecule has 156 valence electrons. The van der Waals surface area contributed by atoms with E-state index < -0.39 is 16.8 Å². The van der Waals surface area contributed by atoms with Gasteiger partial charge in [-0.25, -0.2) is 9.07 Å². The Bertz CT molecular complexity index is 1220. The van der Waals surface area contributed by atoms with E-state index in [0.29, 0.717) is 16.8 Å². The van der Waals surface area contributed by atoms with Crippen LogP contribution in [0.5, 0.6) is 0 Å². The van der Waals surface area contributed by atoms with E-state index in [2.05, 4.69) is 20.6 Å². The first-order chi connectivity index (χ1) is 15.0. The van der Waals surface area contributed by atoms with Crippen LogP contribution in [0.15, 0.2) is 67.0 Å². The Labute approximate surface area is 177 Å². The molecule has 1 N–H and O–H groups in total. The predicted octanol–water partition coefficient (Wildman–Crippen LogP) is 4.43. The predicted molar refractivity (Wildman–Crippen MR) is 114 cm³/mol. The van der Waals surface area contributed by atoms with Crippen LogP contribution >= 0.6 is 0 Å². The van der Waals surface area contributed by atoms with Gasteiger partial charge in [-0.2, -0.15) is 0 Å². The highest BCUT2D eigenvalue weighted by Crippen LogP contribution is 2.36. The zero-order valence-electron chi connectivity index (χ0n) is 16.9. The zero-order valence-corrected chi connectivity index (χ0v) is 16.9. The van der Waals surface area contributed by atoms with Crippen molar-refractivity contribution in [1.82, 2.24) is 20.0 Å². The number of halogens is 1. The highest BCUT2D eigenvalue weighted by molar-refractivity contribution is 5.74. The Morgan fingerprint density at radius 1 is 1.16 bits per heavy atom. The molecule has 0 aliphatic heterocycles. The molecule has 0 aliphatic rings. The summed E-state index contributed by atoms with van der Waals surface area (Å²) in [6.07, 6.45) is 2.62. The molecule has 1 unspecified atom stereocenters. The summed E-state index contributed by atoms with van der Waals surface area (Å²) in [4.78, 5) is 15.1. The third-order valence-corrected chi connectivity index (χ3v) is 5.01. The van der Waals surface area contributed by atoms with Gasteiger partial charge in [0.1, 0.15) is 11.5 Å². The first kappa shape index (κ1) is 20.1. The Kier molecular flexibility index (Phi) is 5.40. The molecule has 2 aromatic carbocycles. The number of aromatic nitrogens is 4. The van der Waals surface area contributed by atoms with Gasteiger partial charge in [-0.1, -0.05) is 35.5 Å². The monoisotopic (exact) mass is 418 g/mol. The third kappa shape index (κ3) is 3.97. The van der Waals surface area contributed by atoms with Crippen LogP contribution in [0.1, 0.15) is 22.9 Å². The lowest BCUT2D eigenvalue weighted by Crippen LogP contribution is -2.15. The van der Waals surface area contributed by atoms with Gasteiger partial charge in [-0.05, 0) is 30.7 Å². The van der Waals surface area contributed by atoms with Gasteiger partial charge in [0.15, 0.2) is 0 Å². The van der Waals surface area contributed by atoms with Crippen molar-refractivity contribution in [2.45, 2.75) is 13.0 Å². The number of aryl methyl sites for hydroxylation is 2. The van der Waals surface area contributed by atoms with Crippen molar-refractivity contribution in [3.8, 4) is 11.3 Å². The number of benzene rings is 2. The van der Waals surface area contributed by atoms with Crippen LogP contribution in [0.3, 0.4) is 0 Å². The van der Waals surface area contributed by atoms with Crippen LogP contribution in [0.25, 0.3) is 11.3 Å². The first-order valence-corrected chi connectivity index (χ1v) is 9.51. The van der Waals surface area contributed by atoms with Crippen LogP contribution in [0.2, 0.25) is 0 Å². The van der Waals surface area contributed by atoms with Crippen molar-refractivity contribution in [1.29, 1.82) is 0 Å². The third-order valence-electron chi connectivity index (χ3n) is 5.01. The molecule has 4 aromatic rings. The quantitative estimate of drug-likeness (QED) is 0.367. The van der Waals surface area contributed by atoms with Crippen LogP contribution in [0.4, 0.5) is 15.8 Å². The van der Waals surface area contributed by atoms with Gasteiger partial charge in [0.2, 0.25) is 0 Å². The number of nitro benzene ring substituents is 1. The van der Waals surface area contributed by atoms with E-state index in [9.17, 15) is 14.5 Å². The molecule has 1 atom stereocenters. The lowest BCUT2D eigenvalue weighted by molar-refractivity contribution is -0.384. The SMILES string of the molecule is Cc1nnn(C)c1-c1ccc([N+](=O)[O-])c(NC(c2ccccc2)c2ccncc2F)c1. The Morgan fingerprint density at radius 2 is 1.94 bits per heavy atom. The largest absolute Gasteiger partial charge is 0.368 e. The van der Waals surface area contributed by atoms with Crippen LogP contribution in [0, 0.1) is 22.9 Å². The fourth-order valence-corrected chi connectivity index (χ4v) is 3.58. The van der Waals surface area contributed by atoms with E-state index >= 15 is 0 Å². The number of hydrogen-bond acceptors (Lipinski definition) is 6. The second-order valence-corrected chi connectivity index (χ2v) is 7.02. The summed E-state index contributed by atoms with van der Waals surface area (Å²) in [7, 11) is 1.75. The fourth-order valence-electron chi connectivity index (χ4n) is 3.58. The second kappa shape index (κ2) is 8.31. The molecule has 0 saturated heterocycles. The van der Waals surface area contributed by atoms with Gasteiger partial charge in [0.05, 0.1) is 28.5 Å². The molecular weight excluding hydrogens is 399 g/mol. The molecule has 4 rings (SSSR count). The zero-order chi connectivity index (χ0) is 22.0. The van der Waals surface area contributed by atoms with E-state index in [1.807, 2.05) is 37.3 Å². The van der Waals surface area contributed by atoms with E-state index in [-0.39, 0.29) is 11.4 Å². The summed E-state index contributed by atoms with van der Waals surface area (Å²) in [5.74, 6) is -0.505. The van der Waals surface area contributed by atoms with Crippen molar-refractivity contribution >= 4 is 11.4 Å². The molecule has 0 amide bonds. The van der Waals surface area contributed by atoms with Crippen LogP contribution < -0.4 is 5.32 Å². The molecule has 0 bridgehead atoms. The molecular formula is C22H19FN6O2. The second-order valence-electron chi connectivity index (χ2n) is 7.02. The summed E-state index contributed by atoms with van der Waals surface area (Å²) in [6, 6.07) is 14.8. The van der Waals surface area contributed by atoms with Gasteiger partial charge in [0.25, 0.3) is 5.69 Å². The first-order valence-electron chi connectivity index (χ1n) is 9.51. The Morgan fingerprint density at radius 3 is 2.58 bits per heavy atom. The molecule has 2 heterocycles. The average Bonchev–Trinajstić information content (AvgIpc) is 3.11. The standard InChI is InChI=1S/C22H19FN6O2/c1-14-22(28(2)27-26-14)16-8-9-20(29(30)31)19(12-16)25-21(15-6-4-3-5-7-15)17-10-11-24-13-18(17)23/h3-13,21,25H,1-2H3. The van der Waals surface area contributed by atoms with E-state index in [0.717, 1.165) is 17.5 Å². The van der Waals surface area contributed by atoms with Crippen LogP contribution in [-0.4, -0.2) is 24.9 Å². The van der Waals surface area contributed by atoms with Gasteiger partial charge >= 0.3 is 0 Å². The van der Waals surface area contributed by atoms with Gasteiger partial charge < -0.3 is 5.32 Å².